The molecule has 0 heterocycles. The minimum Gasteiger partial charge on any atom is -0.497 e. The molecule has 206 valence electrons. The lowest BCUT2D eigenvalue weighted by Crippen LogP contribution is -2.53. The fraction of sp³-hybridized carbons (Fsp3) is 0.375. The van der Waals surface area contributed by atoms with E-state index < -0.39 is 6.04 Å². The molecule has 1 N–H and O–H groups in total. The molecule has 1 aliphatic rings. The molecule has 1 fully saturated rings. The molecule has 1 unspecified atom stereocenters. The Bertz CT molecular complexity index is 1200. The predicted octanol–water partition coefficient (Wildman–Crippen LogP) is 6.67. The number of amides is 2. The van der Waals surface area contributed by atoms with Gasteiger partial charge in [-0.25, -0.2) is 0 Å². The second-order valence-electron chi connectivity index (χ2n) is 10.0. The highest BCUT2D eigenvalue weighted by atomic mass is 35.5. The van der Waals surface area contributed by atoms with E-state index in [1.54, 1.807) is 23.8 Å². The van der Waals surface area contributed by atoms with Crippen LogP contribution in [0.3, 0.4) is 0 Å². The van der Waals surface area contributed by atoms with Gasteiger partial charge in [-0.2, -0.15) is 0 Å². The Morgan fingerprint density at radius 1 is 0.949 bits per heavy atom. The number of ether oxygens (including phenoxy) is 1. The van der Waals surface area contributed by atoms with Crippen molar-refractivity contribution in [2.75, 3.05) is 12.9 Å². The van der Waals surface area contributed by atoms with Crippen LogP contribution in [0, 0.1) is 0 Å². The highest BCUT2D eigenvalue weighted by Gasteiger charge is 2.32. The maximum absolute atomic E-state index is 13.9. The average molecular weight is 565 g/mol. The van der Waals surface area contributed by atoms with E-state index in [1.807, 2.05) is 78.9 Å². The van der Waals surface area contributed by atoms with Gasteiger partial charge < -0.3 is 15.0 Å². The summed E-state index contributed by atoms with van der Waals surface area (Å²) in [7, 11) is 1.63. The maximum Gasteiger partial charge on any atom is 0.243 e. The van der Waals surface area contributed by atoms with E-state index in [0.717, 1.165) is 48.1 Å². The molecule has 1 saturated carbocycles. The van der Waals surface area contributed by atoms with Crippen LogP contribution in [0.4, 0.5) is 0 Å². The Labute approximate surface area is 241 Å². The Kier molecular flexibility index (Phi) is 11.2. The number of benzene rings is 3. The van der Waals surface area contributed by atoms with E-state index in [0.29, 0.717) is 23.7 Å². The van der Waals surface area contributed by atoms with Crippen molar-refractivity contribution in [3.8, 4) is 5.75 Å². The first-order valence-electron chi connectivity index (χ1n) is 13.6. The van der Waals surface area contributed by atoms with Crippen molar-refractivity contribution in [3.63, 3.8) is 0 Å². The summed E-state index contributed by atoms with van der Waals surface area (Å²) in [4.78, 5) is 29.5. The number of carbonyl (C=O) groups excluding carboxylic acids is 2. The molecule has 3 aromatic rings. The standard InChI is InChI=1S/C32H37ClN2O3S/c1-38-29-14-8-11-26(19-29)21-35(31(36)23-39-22-25-15-17-27(33)18-16-25)30(20-24-9-4-2-5-10-24)32(37)34-28-12-6-3-7-13-28/h2,4-5,8-11,14-19,28,30H,3,6-7,12-13,20-23H2,1H3,(H,34,37). The second kappa shape index (κ2) is 15.0. The van der Waals surface area contributed by atoms with Crippen molar-refractivity contribution in [1.29, 1.82) is 0 Å². The van der Waals surface area contributed by atoms with Crippen molar-refractivity contribution in [2.24, 2.45) is 0 Å². The van der Waals surface area contributed by atoms with Crippen LogP contribution in [0.25, 0.3) is 0 Å². The molecule has 39 heavy (non-hydrogen) atoms. The maximum atomic E-state index is 13.9. The third-order valence-electron chi connectivity index (χ3n) is 7.12. The average Bonchev–Trinajstić information content (AvgIpc) is 2.97. The topological polar surface area (TPSA) is 58.6 Å². The van der Waals surface area contributed by atoms with E-state index in [4.69, 9.17) is 16.3 Å². The van der Waals surface area contributed by atoms with Gasteiger partial charge in [0.2, 0.25) is 11.8 Å². The van der Waals surface area contributed by atoms with E-state index in [9.17, 15) is 9.59 Å². The Balaban J connectivity index is 1.57. The third kappa shape index (κ3) is 9.04. The summed E-state index contributed by atoms with van der Waals surface area (Å²) in [5, 5.41) is 3.98. The molecule has 0 bridgehead atoms. The molecule has 1 aliphatic carbocycles. The summed E-state index contributed by atoms with van der Waals surface area (Å²) >= 11 is 7.57. The van der Waals surface area contributed by atoms with Crippen LogP contribution in [-0.4, -0.2) is 41.7 Å². The molecule has 0 saturated heterocycles. The molecule has 2 amide bonds. The minimum atomic E-state index is -0.621. The molecule has 0 radical (unpaired) electrons. The van der Waals surface area contributed by atoms with E-state index >= 15 is 0 Å². The van der Waals surface area contributed by atoms with Crippen LogP contribution < -0.4 is 10.1 Å². The second-order valence-corrected chi connectivity index (χ2v) is 11.5. The van der Waals surface area contributed by atoms with Crippen LogP contribution in [0.5, 0.6) is 5.75 Å². The molecular weight excluding hydrogens is 528 g/mol. The number of carbonyl (C=O) groups is 2. The fourth-order valence-electron chi connectivity index (χ4n) is 4.99. The van der Waals surface area contributed by atoms with E-state index in [-0.39, 0.29) is 23.6 Å². The van der Waals surface area contributed by atoms with Crippen LogP contribution >= 0.6 is 23.4 Å². The molecule has 5 nitrogen and oxygen atoms in total. The summed E-state index contributed by atoms with van der Waals surface area (Å²) in [6, 6.07) is 24.9. The normalized spacial score (nSPS) is 14.4. The smallest absolute Gasteiger partial charge is 0.243 e. The summed E-state index contributed by atoms with van der Waals surface area (Å²) < 4.78 is 5.43. The van der Waals surface area contributed by atoms with Gasteiger partial charge in [-0.3, -0.25) is 9.59 Å². The van der Waals surface area contributed by atoms with Crippen molar-refractivity contribution in [1.82, 2.24) is 10.2 Å². The zero-order chi connectivity index (χ0) is 27.5. The number of hydrogen-bond donors (Lipinski definition) is 1. The Hall–Kier alpha value is -2.96. The lowest BCUT2D eigenvalue weighted by Gasteiger charge is -2.33. The van der Waals surface area contributed by atoms with Gasteiger partial charge in [0.05, 0.1) is 12.9 Å². The van der Waals surface area contributed by atoms with Gasteiger partial charge in [0.15, 0.2) is 0 Å². The van der Waals surface area contributed by atoms with Gasteiger partial charge in [0.1, 0.15) is 11.8 Å². The van der Waals surface area contributed by atoms with E-state index in [2.05, 4.69) is 5.32 Å². The summed E-state index contributed by atoms with van der Waals surface area (Å²) in [6.07, 6.45) is 5.90. The highest BCUT2D eigenvalue weighted by molar-refractivity contribution is 7.99. The molecule has 0 aliphatic heterocycles. The zero-order valence-electron chi connectivity index (χ0n) is 22.5. The molecule has 0 aromatic heterocycles. The minimum absolute atomic E-state index is 0.0588. The summed E-state index contributed by atoms with van der Waals surface area (Å²) in [5.41, 5.74) is 3.06. The fourth-order valence-corrected chi connectivity index (χ4v) is 5.98. The first-order chi connectivity index (χ1) is 19.0. The highest BCUT2D eigenvalue weighted by Crippen LogP contribution is 2.23. The van der Waals surface area contributed by atoms with Crippen LogP contribution in [0.1, 0.15) is 48.8 Å². The largest absolute Gasteiger partial charge is 0.497 e. The molecule has 4 rings (SSSR count). The van der Waals surface area contributed by atoms with Gasteiger partial charge >= 0.3 is 0 Å². The molecule has 7 heteroatoms. The number of thioether (sulfide) groups is 1. The van der Waals surface area contributed by atoms with Gasteiger partial charge in [-0.1, -0.05) is 85.5 Å². The Morgan fingerprint density at radius 2 is 1.67 bits per heavy atom. The lowest BCUT2D eigenvalue weighted by molar-refractivity contribution is -0.139. The first-order valence-corrected chi connectivity index (χ1v) is 15.1. The van der Waals surface area contributed by atoms with Crippen LogP contribution in [0.15, 0.2) is 78.9 Å². The SMILES string of the molecule is COc1cccc(CN(C(=O)CSCc2ccc(Cl)cc2)C(Cc2ccccc2)C(=O)NC2CCCCC2)c1. The number of rotatable bonds is 12. The number of nitrogens with zero attached hydrogens (tertiary/aromatic N) is 1. The van der Waals surface area contributed by atoms with Gasteiger partial charge in [0, 0.05) is 29.8 Å². The van der Waals surface area contributed by atoms with Crippen LogP contribution in [0.2, 0.25) is 5.02 Å². The lowest BCUT2D eigenvalue weighted by atomic mass is 9.94. The molecule has 1 atom stereocenters. The molecule has 3 aromatic carbocycles. The van der Waals surface area contributed by atoms with Gasteiger partial charge in [0.25, 0.3) is 0 Å². The monoisotopic (exact) mass is 564 g/mol. The quantitative estimate of drug-likeness (QED) is 0.267. The Morgan fingerprint density at radius 3 is 2.38 bits per heavy atom. The summed E-state index contributed by atoms with van der Waals surface area (Å²) in [5.74, 6) is 1.55. The number of nitrogens with one attached hydrogen (secondary N) is 1. The number of hydrogen-bond acceptors (Lipinski definition) is 4. The van der Waals surface area contributed by atoms with Crippen LogP contribution in [-0.2, 0) is 28.3 Å². The van der Waals surface area contributed by atoms with Crippen molar-refractivity contribution in [2.45, 2.75) is 62.9 Å². The van der Waals surface area contributed by atoms with Crippen molar-refractivity contribution < 1.29 is 14.3 Å². The number of methoxy groups -OCH3 is 1. The molecular formula is C32H37ClN2O3S. The van der Waals surface area contributed by atoms with E-state index in [1.165, 1.54) is 6.42 Å². The summed E-state index contributed by atoms with van der Waals surface area (Å²) in [6.45, 7) is 0.327. The van der Waals surface area contributed by atoms with Gasteiger partial charge in [-0.05, 0) is 53.8 Å². The zero-order valence-corrected chi connectivity index (χ0v) is 24.1. The molecule has 0 spiro atoms. The van der Waals surface area contributed by atoms with Gasteiger partial charge in [-0.15, -0.1) is 11.8 Å². The van der Waals surface area contributed by atoms with Crippen molar-refractivity contribution in [3.05, 3.63) is 101 Å². The third-order valence-corrected chi connectivity index (χ3v) is 8.36. The predicted molar refractivity (Wildman–Crippen MR) is 160 cm³/mol. The van der Waals surface area contributed by atoms with Crippen molar-refractivity contribution >= 4 is 35.2 Å². The first kappa shape index (κ1) is 29.0. The number of halogens is 1.